The Morgan fingerprint density at radius 1 is 1.67 bits per heavy atom. The highest BCUT2D eigenvalue weighted by atomic mass is 16.3. The molecule has 1 N–H and O–H groups in total. The van der Waals surface area contributed by atoms with Gasteiger partial charge in [-0.1, -0.05) is 0 Å². The fourth-order valence-corrected chi connectivity index (χ4v) is 0.363. The van der Waals surface area contributed by atoms with Crippen molar-refractivity contribution in [1.82, 2.24) is 5.01 Å². The number of aliphatic hydroxyl groups is 1. The second kappa shape index (κ2) is 4.32. The maximum atomic E-state index is 8.76. The average molecular weight is 130 g/mol. The molecule has 3 heteroatoms. The minimum absolute atomic E-state index is 0.284. The van der Waals surface area contributed by atoms with Gasteiger partial charge in [-0.2, -0.15) is 5.10 Å². The van der Waals surface area contributed by atoms with Crippen molar-refractivity contribution in [2.75, 3.05) is 14.1 Å². The quantitative estimate of drug-likeness (QED) is 0.440. The Morgan fingerprint density at radius 2 is 2.22 bits per heavy atom. The van der Waals surface area contributed by atoms with Crippen molar-refractivity contribution in [3.8, 4) is 0 Å². The molecule has 1 unspecified atom stereocenters. The van der Waals surface area contributed by atoms with Crippen molar-refractivity contribution < 1.29 is 5.11 Å². The van der Waals surface area contributed by atoms with Gasteiger partial charge in [0.05, 0.1) is 6.10 Å². The Kier molecular flexibility index (Phi) is 4.05. The summed E-state index contributed by atoms with van der Waals surface area (Å²) in [7, 11) is 3.69. The Labute approximate surface area is 56.0 Å². The van der Waals surface area contributed by atoms with Crippen molar-refractivity contribution in [2.45, 2.75) is 19.4 Å². The monoisotopic (exact) mass is 130 g/mol. The molecule has 0 rings (SSSR count). The van der Waals surface area contributed by atoms with E-state index in [4.69, 9.17) is 5.11 Å². The van der Waals surface area contributed by atoms with Crippen LogP contribution in [0.4, 0.5) is 0 Å². The molecule has 0 amide bonds. The van der Waals surface area contributed by atoms with Crippen LogP contribution in [0.25, 0.3) is 0 Å². The molecule has 54 valence electrons. The predicted molar refractivity (Wildman–Crippen MR) is 38.5 cm³/mol. The molecule has 1 atom stereocenters. The summed E-state index contributed by atoms with van der Waals surface area (Å²) in [6.07, 6.45) is 2.04. The van der Waals surface area contributed by atoms with Crippen LogP contribution in [0.1, 0.15) is 13.3 Å². The molecule has 9 heavy (non-hydrogen) atoms. The number of nitrogens with zero attached hydrogens (tertiary/aromatic N) is 2. The van der Waals surface area contributed by atoms with Gasteiger partial charge in [-0.15, -0.1) is 0 Å². The zero-order chi connectivity index (χ0) is 7.28. The molecule has 0 saturated heterocycles. The van der Waals surface area contributed by atoms with E-state index >= 15 is 0 Å². The molecule has 0 fully saturated rings. The molecule has 0 aromatic heterocycles. The van der Waals surface area contributed by atoms with Crippen LogP contribution < -0.4 is 0 Å². The topological polar surface area (TPSA) is 35.8 Å². The smallest absolute Gasteiger partial charge is 0.0562 e. The lowest BCUT2D eigenvalue weighted by Crippen LogP contribution is -2.05. The molecular weight excluding hydrogens is 116 g/mol. The SMILES string of the molecule is CC(O)C/C=N/N(C)C. The van der Waals surface area contributed by atoms with Crippen molar-refractivity contribution >= 4 is 6.21 Å². The first-order valence-corrected chi connectivity index (χ1v) is 3.00. The molecule has 0 spiro atoms. The fourth-order valence-electron chi connectivity index (χ4n) is 0.363. The molecule has 0 aromatic rings. The Hall–Kier alpha value is -0.570. The van der Waals surface area contributed by atoms with Crippen molar-refractivity contribution in [3.63, 3.8) is 0 Å². The van der Waals surface area contributed by atoms with Crippen LogP contribution in [0.3, 0.4) is 0 Å². The second-order valence-electron chi connectivity index (χ2n) is 2.23. The molecule has 0 aromatic carbocycles. The van der Waals surface area contributed by atoms with Crippen LogP contribution in [0, 0.1) is 0 Å². The summed E-state index contributed by atoms with van der Waals surface area (Å²) in [4.78, 5) is 0. The summed E-state index contributed by atoms with van der Waals surface area (Å²) in [6.45, 7) is 1.74. The number of hydrazone groups is 1. The van der Waals surface area contributed by atoms with Gasteiger partial charge in [0.1, 0.15) is 0 Å². The number of aliphatic hydroxyl groups excluding tert-OH is 1. The van der Waals surface area contributed by atoms with Gasteiger partial charge in [0, 0.05) is 26.7 Å². The molecular formula is C6H14N2O. The number of hydrogen-bond acceptors (Lipinski definition) is 3. The predicted octanol–water partition coefficient (Wildman–Crippen LogP) is 0.305. The largest absolute Gasteiger partial charge is 0.393 e. The van der Waals surface area contributed by atoms with E-state index in [-0.39, 0.29) is 6.10 Å². The van der Waals surface area contributed by atoms with Crippen molar-refractivity contribution in [1.29, 1.82) is 0 Å². The zero-order valence-corrected chi connectivity index (χ0v) is 6.20. The third-order valence-electron chi connectivity index (χ3n) is 0.759. The Balaban J connectivity index is 3.25. The highest BCUT2D eigenvalue weighted by molar-refractivity contribution is 5.57. The van der Waals surface area contributed by atoms with E-state index in [1.807, 2.05) is 14.1 Å². The highest BCUT2D eigenvalue weighted by Crippen LogP contribution is 1.84. The van der Waals surface area contributed by atoms with Gasteiger partial charge in [0.25, 0.3) is 0 Å². The molecule has 0 aliphatic rings. The van der Waals surface area contributed by atoms with Crippen molar-refractivity contribution in [3.05, 3.63) is 0 Å². The van der Waals surface area contributed by atoms with Crippen LogP contribution in [0.15, 0.2) is 5.10 Å². The fraction of sp³-hybridized carbons (Fsp3) is 0.833. The van der Waals surface area contributed by atoms with Gasteiger partial charge in [-0.3, -0.25) is 0 Å². The molecule has 0 aliphatic heterocycles. The lowest BCUT2D eigenvalue weighted by molar-refractivity contribution is 0.204. The minimum atomic E-state index is -0.284. The standard InChI is InChI=1S/C6H14N2O/c1-6(9)4-5-7-8(2)3/h5-6,9H,4H2,1-3H3/b7-5+. The third-order valence-corrected chi connectivity index (χ3v) is 0.759. The highest BCUT2D eigenvalue weighted by Gasteiger charge is 1.88. The summed E-state index contributed by atoms with van der Waals surface area (Å²) >= 11 is 0. The van der Waals surface area contributed by atoms with E-state index in [1.165, 1.54) is 0 Å². The van der Waals surface area contributed by atoms with E-state index in [1.54, 1.807) is 18.1 Å². The van der Waals surface area contributed by atoms with Gasteiger partial charge in [-0.25, -0.2) is 0 Å². The molecule has 0 heterocycles. The summed E-state index contributed by atoms with van der Waals surface area (Å²) in [5, 5.41) is 14.4. The number of hydrogen-bond donors (Lipinski definition) is 1. The Morgan fingerprint density at radius 3 is 2.56 bits per heavy atom. The van der Waals surface area contributed by atoms with Gasteiger partial charge in [-0.05, 0) is 6.92 Å². The van der Waals surface area contributed by atoms with Gasteiger partial charge in [0.2, 0.25) is 0 Å². The van der Waals surface area contributed by atoms with E-state index < -0.39 is 0 Å². The van der Waals surface area contributed by atoms with Crippen LogP contribution in [0.2, 0.25) is 0 Å². The molecule has 3 nitrogen and oxygen atoms in total. The van der Waals surface area contributed by atoms with E-state index in [0.29, 0.717) is 6.42 Å². The number of rotatable bonds is 3. The van der Waals surface area contributed by atoms with E-state index in [2.05, 4.69) is 5.10 Å². The third kappa shape index (κ3) is 7.43. The lowest BCUT2D eigenvalue weighted by Gasteiger charge is -2.02. The molecule has 0 radical (unpaired) electrons. The van der Waals surface area contributed by atoms with Crippen LogP contribution >= 0.6 is 0 Å². The van der Waals surface area contributed by atoms with Crippen LogP contribution in [-0.2, 0) is 0 Å². The van der Waals surface area contributed by atoms with E-state index in [0.717, 1.165) is 0 Å². The van der Waals surface area contributed by atoms with Gasteiger partial charge < -0.3 is 10.1 Å². The maximum absolute atomic E-state index is 8.76. The first kappa shape index (κ1) is 8.43. The van der Waals surface area contributed by atoms with Crippen molar-refractivity contribution in [2.24, 2.45) is 5.10 Å². The summed E-state index contributed by atoms with van der Waals surface area (Å²) in [5.41, 5.74) is 0. The van der Waals surface area contributed by atoms with Crippen LogP contribution in [0.5, 0.6) is 0 Å². The molecule has 0 bridgehead atoms. The molecule has 0 aliphatic carbocycles. The van der Waals surface area contributed by atoms with Crippen LogP contribution in [-0.4, -0.2) is 36.5 Å². The van der Waals surface area contributed by atoms with Gasteiger partial charge in [0.15, 0.2) is 0 Å². The normalized spacial score (nSPS) is 14.2. The zero-order valence-electron chi connectivity index (χ0n) is 6.20. The summed E-state index contributed by atoms with van der Waals surface area (Å²) < 4.78 is 0. The Bertz CT molecular complexity index is 89.1. The first-order chi connectivity index (χ1) is 4.13. The minimum Gasteiger partial charge on any atom is -0.393 e. The van der Waals surface area contributed by atoms with Gasteiger partial charge >= 0.3 is 0 Å². The summed E-state index contributed by atoms with van der Waals surface area (Å²) in [6, 6.07) is 0. The van der Waals surface area contributed by atoms with E-state index in [9.17, 15) is 0 Å². The lowest BCUT2D eigenvalue weighted by atomic mass is 10.3. The summed E-state index contributed by atoms with van der Waals surface area (Å²) in [5.74, 6) is 0. The second-order valence-corrected chi connectivity index (χ2v) is 2.23. The average Bonchev–Trinajstić information content (AvgIpc) is 1.63. The first-order valence-electron chi connectivity index (χ1n) is 3.00. The molecule has 0 saturated carbocycles. The maximum Gasteiger partial charge on any atom is 0.0562 e.